The molecule has 2 aromatic rings. The first-order valence-corrected chi connectivity index (χ1v) is 8.72. The van der Waals surface area contributed by atoms with Gasteiger partial charge in [0.05, 0.1) is 24.4 Å². The topological polar surface area (TPSA) is 90.7 Å². The predicted molar refractivity (Wildman–Crippen MR) is 99.8 cm³/mol. The van der Waals surface area contributed by atoms with Gasteiger partial charge in [-0.25, -0.2) is 0 Å². The van der Waals surface area contributed by atoms with Crippen molar-refractivity contribution in [3.05, 3.63) is 58.1 Å². The van der Waals surface area contributed by atoms with Crippen molar-refractivity contribution in [2.24, 2.45) is 0 Å². The summed E-state index contributed by atoms with van der Waals surface area (Å²) in [6, 6.07) is 11.6. The number of carbonyl (C=O) groups excluding carboxylic acids is 1. The predicted octanol–water partition coefficient (Wildman–Crippen LogP) is 3.41. The maximum Gasteiger partial charge on any atom is 0.269 e. The molecule has 1 atom stereocenters. The van der Waals surface area contributed by atoms with Gasteiger partial charge in [-0.3, -0.25) is 14.9 Å². The molecule has 7 nitrogen and oxygen atoms in total. The number of nitro benzene ring substituents is 1. The maximum absolute atomic E-state index is 12.3. The quantitative estimate of drug-likeness (QED) is 0.431. The summed E-state index contributed by atoms with van der Waals surface area (Å²) in [5.74, 6) is 1.11. The molecule has 0 aliphatic heterocycles. The fraction of sp³-hybridized carbons (Fsp3) is 0.278. The summed E-state index contributed by atoms with van der Waals surface area (Å²) >= 11 is 1.34. The van der Waals surface area contributed by atoms with Gasteiger partial charge in [-0.1, -0.05) is 6.07 Å². The van der Waals surface area contributed by atoms with Gasteiger partial charge in [0.2, 0.25) is 5.91 Å². The second kappa shape index (κ2) is 9.10. The summed E-state index contributed by atoms with van der Waals surface area (Å²) in [5.41, 5.74) is 0.920. The van der Waals surface area contributed by atoms with Crippen LogP contribution in [0.4, 0.5) is 5.69 Å². The molecule has 1 amide bonds. The van der Waals surface area contributed by atoms with Crippen LogP contribution < -0.4 is 14.8 Å². The number of carbonyl (C=O) groups is 1. The Kier molecular flexibility index (Phi) is 6.85. The lowest BCUT2D eigenvalue weighted by molar-refractivity contribution is -0.384. The highest BCUT2D eigenvalue weighted by molar-refractivity contribution is 8.00. The van der Waals surface area contributed by atoms with Crippen molar-refractivity contribution in [1.29, 1.82) is 0 Å². The Morgan fingerprint density at radius 1 is 1.15 bits per heavy atom. The van der Waals surface area contributed by atoms with Crippen LogP contribution in [-0.2, 0) is 11.3 Å². The third-order valence-electron chi connectivity index (χ3n) is 3.64. The second-order valence-electron chi connectivity index (χ2n) is 5.42. The summed E-state index contributed by atoms with van der Waals surface area (Å²) < 4.78 is 10.4. The van der Waals surface area contributed by atoms with E-state index in [1.807, 2.05) is 12.1 Å². The van der Waals surface area contributed by atoms with Gasteiger partial charge in [0.25, 0.3) is 5.69 Å². The number of thioether (sulfide) groups is 1. The Bertz CT molecular complexity index is 780. The van der Waals surface area contributed by atoms with Crippen LogP contribution >= 0.6 is 11.8 Å². The van der Waals surface area contributed by atoms with Crippen LogP contribution in [0.1, 0.15) is 12.5 Å². The molecular weight excluding hydrogens is 356 g/mol. The van der Waals surface area contributed by atoms with E-state index >= 15 is 0 Å². The number of ether oxygens (including phenoxy) is 2. The Labute approximate surface area is 155 Å². The molecule has 8 heteroatoms. The summed E-state index contributed by atoms with van der Waals surface area (Å²) in [5, 5.41) is 13.2. The SMILES string of the molecule is COc1ccc(CNC(=O)C(C)Sc2ccc([N+](=O)[O-])cc2)cc1OC. The first-order chi connectivity index (χ1) is 12.4. The van der Waals surface area contributed by atoms with Gasteiger partial charge in [-0.2, -0.15) is 0 Å². The normalized spacial score (nSPS) is 11.5. The number of methoxy groups -OCH3 is 2. The minimum absolute atomic E-state index is 0.0277. The molecule has 1 N–H and O–H groups in total. The molecule has 1 unspecified atom stereocenters. The zero-order valence-corrected chi connectivity index (χ0v) is 15.5. The molecule has 0 bridgehead atoms. The third kappa shape index (κ3) is 5.13. The van der Waals surface area contributed by atoms with Crippen molar-refractivity contribution in [3.8, 4) is 11.5 Å². The van der Waals surface area contributed by atoms with E-state index in [1.54, 1.807) is 39.3 Å². The monoisotopic (exact) mass is 376 g/mol. The molecular formula is C18H20N2O5S. The van der Waals surface area contributed by atoms with Crippen molar-refractivity contribution < 1.29 is 19.2 Å². The highest BCUT2D eigenvalue weighted by atomic mass is 32.2. The number of hydrogen-bond acceptors (Lipinski definition) is 6. The molecule has 26 heavy (non-hydrogen) atoms. The molecule has 0 aliphatic rings. The van der Waals surface area contributed by atoms with Gasteiger partial charge < -0.3 is 14.8 Å². The number of amides is 1. The number of hydrogen-bond donors (Lipinski definition) is 1. The fourth-order valence-electron chi connectivity index (χ4n) is 2.23. The first kappa shape index (κ1) is 19.6. The van der Waals surface area contributed by atoms with Gasteiger partial charge >= 0.3 is 0 Å². The zero-order chi connectivity index (χ0) is 19.1. The molecule has 0 spiro atoms. The number of benzene rings is 2. The first-order valence-electron chi connectivity index (χ1n) is 7.84. The average Bonchev–Trinajstić information content (AvgIpc) is 2.66. The van der Waals surface area contributed by atoms with Crippen molar-refractivity contribution >= 4 is 23.4 Å². The maximum atomic E-state index is 12.3. The van der Waals surface area contributed by atoms with Gasteiger partial charge in [-0.05, 0) is 36.8 Å². The van der Waals surface area contributed by atoms with Crippen LogP contribution in [0.3, 0.4) is 0 Å². The molecule has 138 valence electrons. The molecule has 0 aromatic heterocycles. The van der Waals surface area contributed by atoms with E-state index in [1.165, 1.54) is 23.9 Å². The Hall–Kier alpha value is -2.74. The lowest BCUT2D eigenvalue weighted by Crippen LogP contribution is -2.30. The zero-order valence-electron chi connectivity index (χ0n) is 14.7. The molecule has 0 radical (unpaired) electrons. The summed E-state index contributed by atoms with van der Waals surface area (Å²) in [7, 11) is 3.12. The molecule has 0 fully saturated rings. The third-order valence-corrected chi connectivity index (χ3v) is 4.76. The van der Waals surface area contributed by atoms with E-state index < -0.39 is 4.92 Å². The Morgan fingerprint density at radius 3 is 2.38 bits per heavy atom. The minimum Gasteiger partial charge on any atom is -0.493 e. The largest absolute Gasteiger partial charge is 0.493 e. The van der Waals surface area contributed by atoms with Crippen LogP contribution in [0, 0.1) is 10.1 Å². The van der Waals surface area contributed by atoms with E-state index in [0.29, 0.717) is 18.0 Å². The van der Waals surface area contributed by atoms with E-state index in [-0.39, 0.29) is 16.8 Å². The molecule has 2 rings (SSSR count). The standard InChI is InChI=1S/C18H20N2O5S/c1-12(26-15-7-5-14(6-8-15)20(22)23)18(21)19-11-13-4-9-16(24-2)17(10-13)25-3/h4-10,12H,11H2,1-3H3,(H,19,21). The van der Waals surface area contributed by atoms with Gasteiger partial charge in [-0.15, -0.1) is 11.8 Å². The van der Waals surface area contributed by atoms with Gasteiger partial charge in [0.1, 0.15) is 0 Å². The molecule has 0 saturated carbocycles. The van der Waals surface area contributed by atoms with Crippen LogP contribution in [0.15, 0.2) is 47.4 Å². The molecule has 0 heterocycles. The van der Waals surface area contributed by atoms with E-state index in [2.05, 4.69) is 5.32 Å². The van der Waals surface area contributed by atoms with Crippen LogP contribution in [-0.4, -0.2) is 30.3 Å². The van der Waals surface area contributed by atoms with Crippen LogP contribution in [0.2, 0.25) is 0 Å². The van der Waals surface area contributed by atoms with E-state index in [0.717, 1.165) is 10.5 Å². The Morgan fingerprint density at radius 2 is 1.81 bits per heavy atom. The van der Waals surface area contributed by atoms with Crippen molar-refractivity contribution in [3.63, 3.8) is 0 Å². The minimum atomic E-state index is -0.451. The summed E-state index contributed by atoms with van der Waals surface area (Å²) in [6.45, 7) is 2.15. The second-order valence-corrected chi connectivity index (χ2v) is 6.83. The molecule has 0 aliphatic carbocycles. The summed E-state index contributed by atoms with van der Waals surface area (Å²) in [6.07, 6.45) is 0. The number of rotatable bonds is 8. The summed E-state index contributed by atoms with van der Waals surface area (Å²) in [4.78, 5) is 23.3. The fourth-order valence-corrected chi connectivity index (χ4v) is 3.12. The highest BCUT2D eigenvalue weighted by Gasteiger charge is 2.15. The van der Waals surface area contributed by atoms with Gasteiger partial charge in [0.15, 0.2) is 11.5 Å². The van der Waals surface area contributed by atoms with Crippen LogP contribution in [0.5, 0.6) is 11.5 Å². The average molecular weight is 376 g/mol. The number of nitro groups is 1. The van der Waals surface area contributed by atoms with Gasteiger partial charge in [0, 0.05) is 23.6 Å². The molecule has 0 saturated heterocycles. The van der Waals surface area contributed by atoms with E-state index in [9.17, 15) is 14.9 Å². The molecule has 2 aromatic carbocycles. The highest BCUT2D eigenvalue weighted by Crippen LogP contribution is 2.28. The lowest BCUT2D eigenvalue weighted by atomic mass is 10.2. The van der Waals surface area contributed by atoms with Crippen molar-refractivity contribution in [2.45, 2.75) is 23.6 Å². The van der Waals surface area contributed by atoms with E-state index in [4.69, 9.17) is 9.47 Å². The Balaban J connectivity index is 1.91. The number of nitrogens with one attached hydrogen (secondary N) is 1. The van der Waals surface area contributed by atoms with Crippen molar-refractivity contribution in [2.75, 3.05) is 14.2 Å². The van der Waals surface area contributed by atoms with Crippen LogP contribution in [0.25, 0.3) is 0 Å². The lowest BCUT2D eigenvalue weighted by Gasteiger charge is -2.13. The smallest absolute Gasteiger partial charge is 0.269 e. The van der Waals surface area contributed by atoms with Crippen molar-refractivity contribution in [1.82, 2.24) is 5.32 Å². The number of nitrogens with zero attached hydrogens (tertiary/aromatic N) is 1. The number of non-ortho nitro benzene ring substituents is 1.